The minimum absolute atomic E-state index is 0.812. The standard InChI is InChI=1S/C13H26N2/c1-10-8-14-9-11(2)13(10)15-7-5-4-6-12(15)3/h10-14H,4-9H2,1-3H3. The van der Waals surface area contributed by atoms with E-state index in [0.29, 0.717) is 0 Å². The summed E-state index contributed by atoms with van der Waals surface area (Å²) >= 11 is 0. The molecule has 2 fully saturated rings. The van der Waals surface area contributed by atoms with E-state index in [4.69, 9.17) is 0 Å². The molecule has 0 aromatic heterocycles. The molecule has 0 amide bonds. The average Bonchev–Trinajstić information content (AvgIpc) is 2.20. The lowest BCUT2D eigenvalue weighted by molar-refractivity contribution is 0.0275. The number of hydrogen-bond donors (Lipinski definition) is 1. The lowest BCUT2D eigenvalue weighted by Crippen LogP contribution is -2.57. The fraction of sp³-hybridized carbons (Fsp3) is 1.00. The van der Waals surface area contributed by atoms with Gasteiger partial charge in [-0.3, -0.25) is 4.90 Å². The summed E-state index contributed by atoms with van der Waals surface area (Å²) in [5.74, 6) is 1.63. The Hall–Kier alpha value is -0.0800. The highest BCUT2D eigenvalue weighted by atomic mass is 15.2. The molecule has 0 spiro atoms. The maximum Gasteiger partial charge on any atom is 0.0173 e. The first kappa shape index (κ1) is 11.4. The van der Waals surface area contributed by atoms with Crippen molar-refractivity contribution >= 4 is 0 Å². The monoisotopic (exact) mass is 210 g/mol. The van der Waals surface area contributed by atoms with Gasteiger partial charge in [-0.05, 0) is 51.2 Å². The highest BCUT2D eigenvalue weighted by molar-refractivity contribution is 4.91. The minimum atomic E-state index is 0.812. The van der Waals surface area contributed by atoms with E-state index in [2.05, 4.69) is 31.0 Å². The zero-order chi connectivity index (χ0) is 10.8. The Kier molecular flexibility index (Phi) is 3.68. The topological polar surface area (TPSA) is 15.3 Å². The van der Waals surface area contributed by atoms with Crippen LogP contribution < -0.4 is 5.32 Å². The molecule has 2 rings (SSSR count). The Morgan fingerprint density at radius 3 is 2.27 bits per heavy atom. The van der Waals surface area contributed by atoms with Gasteiger partial charge < -0.3 is 5.32 Å². The Morgan fingerprint density at radius 2 is 1.67 bits per heavy atom. The predicted octanol–water partition coefficient (Wildman–Crippen LogP) is 2.10. The van der Waals surface area contributed by atoms with Gasteiger partial charge in [-0.1, -0.05) is 20.3 Å². The van der Waals surface area contributed by atoms with Crippen molar-refractivity contribution in [3.8, 4) is 0 Å². The van der Waals surface area contributed by atoms with Gasteiger partial charge in [0.1, 0.15) is 0 Å². The molecule has 2 saturated heterocycles. The van der Waals surface area contributed by atoms with Gasteiger partial charge in [0.05, 0.1) is 0 Å². The molecule has 88 valence electrons. The second-order valence-electron chi connectivity index (χ2n) is 5.69. The van der Waals surface area contributed by atoms with Crippen molar-refractivity contribution in [3.63, 3.8) is 0 Å². The van der Waals surface area contributed by atoms with Crippen molar-refractivity contribution < 1.29 is 0 Å². The smallest absolute Gasteiger partial charge is 0.0173 e. The lowest BCUT2D eigenvalue weighted by Gasteiger charge is -2.47. The van der Waals surface area contributed by atoms with Crippen LogP contribution in [-0.2, 0) is 0 Å². The van der Waals surface area contributed by atoms with Crippen LogP contribution in [0.3, 0.4) is 0 Å². The van der Waals surface area contributed by atoms with Crippen LogP contribution >= 0.6 is 0 Å². The number of nitrogens with zero attached hydrogens (tertiary/aromatic N) is 1. The first-order chi connectivity index (χ1) is 7.20. The van der Waals surface area contributed by atoms with Gasteiger partial charge in [0.15, 0.2) is 0 Å². The van der Waals surface area contributed by atoms with Crippen molar-refractivity contribution in [2.45, 2.75) is 52.1 Å². The van der Waals surface area contributed by atoms with E-state index in [0.717, 1.165) is 23.9 Å². The quantitative estimate of drug-likeness (QED) is 0.713. The van der Waals surface area contributed by atoms with E-state index in [1.54, 1.807) is 0 Å². The molecule has 3 atom stereocenters. The summed E-state index contributed by atoms with van der Waals surface area (Å²) in [6.45, 7) is 11.0. The largest absolute Gasteiger partial charge is 0.316 e. The maximum absolute atomic E-state index is 3.54. The molecule has 2 aliphatic heterocycles. The summed E-state index contributed by atoms with van der Waals surface area (Å²) < 4.78 is 0. The third-order valence-electron chi connectivity index (χ3n) is 4.34. The number of hydrogen-bond acceptors (Lipinski definition) is 2. The van der Waals surface area contributed by atoms with Gasteiger partial charge in [-0.25, -0.2) is 0 Å². The first-order valence-corrected chi connectivity index (χ1v) is 6.66. The lowest BCUT2D eigenvalue weighted by atomic mass is 9.83. The van der Waals surface area contributed by atoms with E-state index in [1.807, 2.05) is 0 Å². The van der Waals surface area contributed by atoms with Gasteiger partial charge in [0.2, 0.25) is 0 Å². The van der Waals surface area contributed by atoms with Crippen LogP contribution in [0.25, 0.3) is 0 Å². The SMILES string of the molecule is CC1CNCC(C)C1N1CCCCC1C. The van der Waals surface area contributed by atoms with Crippen LogP contribution in [-0.4, -0.2) is 36.6 Å². The molecule has 0 aromatic carbocycles. The Bertz CT molecular complexity index is 195. The van der Waals surface area contributed by atoms with Gasteiger partial charge in [-0.15, -0.1) is 0 Å². The summed E-state index contributed by atoms with van der Waals surface area (Å²) in [4.78, 5) is 2.79. The summed E-state index contributed by atoms with van der Waals surface area (Å²) in [6.07, 6.45) is 4.25. The Balaban J connectivity index is 2.05. The number of rotatable bonds is 1. The van der Waals surface area contributed by atoms with Crippen molar-refractivity contribution in [2.75, 3.05) is 19.6 Å². The van der Waals surface area contributed by atoms with Crippen LogP contribution in [0, 0.1) is 11.8 Å². The van der Waals surface area contributed by atoms with E-state index >= 15 is 0 Å². The highest BCUT2D eigenvalue weighted by Gasteiger charge is 2.35. The van der Waals surface area contributed by atoms with Gasteiger partial charge in [0, 0.05) is 12.1 Å². The first-order valence-electron chi connectivity index (χ1n) is 6.66. The summed E-state index contributed by atoms with van der Waals surface area (Å²) in [5, 5.41) is 3.54. The van der Waals surface area contributed by atoms with E-state index in [1.165, 1.54) is 38.9 Å². The van der Waals surface area contributed by atoms with Gasteiger partial charge >= 0.3 is 0 Å². The van der Waals surface area contributed by atoms with Crippen LogP contribution in [0.4, 0.5) is 0 Å². The van der Waals surface area contributed by atoms with Crippen LogP contribution in [0.15, 0.2) is 0 Å². The Labute approximate surface area is 94.4 Å². The molecule has 3 unspecified atom stereocenters. The molecule has 0 radical (unpaired) electrons. The molecule has 0 aliphatic carbocycles. The molecular weight excluding hydrogens is 184 g/mol. The average molecular weight is 210 g/mol. The molecule has 2 heterocycles. The summed E-state index contributed by atoms with van der Waals surface area (Å²) in [7, 11) is 0. The van der Waals surface area contributed by atoms with Gasteiger partial charge in [0.25, 0.3) is 0 Å². The normalized spacial score (nSPS) is 44.2. The molecule has 0 saturated carbocycles. The molecule has 15 heavy (non-hydrogen) atoms. The number of nitrogens with one attached hydrogen (secondary N) is 1. The predicted molar refractivity (Wildman–Crippen MR) is 65.0 cm³/mol. The molecule has 2 nitrogen and oxygen atoms in total. The third-order valence-corrected chi connectivity index (χ3v) is 4.34. The summed E-state index contributed by atoms with van der Waals surface area (Å²) in [6, 6.07) is 1.63. The third kappa shape index (κ3) is 2.36. The molecule has 0 bridgehead atoms. The fourth-order valence-corrected chi connectivity index (χ4v) is 3.56. The van der Waals surface area contributed by atoms with Crippen LogP contribution in [0.2, 0.25) is 0 Å². The molecule has 0 aromatic rings. The molecule has 1 N–H and O–H groups in total. The zero-order valence-corrected chi connectivity index (χ0v) is 10.5. The second kappa shape index (κ2) is 4.84. The fourth-order valence-electron chi connectivity index (χ4n) is 3.56. The van der Waals surface area contributed by atoms with Crippen molar-refractivity contribution in [1.82, 2.24) is 10.2 Å². The molecule has 2 heteroatoms. The minimum Gasteiger partial charge on any atom is -0.316 e. The van der Waals surface area contributed by atoms with Crippen molar-refractivity contribution in [1.29, 1.82) is 0 Å². The summed E-state index contributed by atoms with van der Waals surface area (Å²) in [5.41, 5.74) is 0. The van der Waals surface area contributed by atoms with Crippen molar-refractivity contribution in [3.05, 3.63) is 0 Å². The van der Waals surface area contributed by atoms with Gasteiger partial charge in [-0.2, -0.15) is 0 Å². The van der Waals surface area contributed by atoms with Crippen LogP contribution in [0.1, 0.15) is 40.0 Å². The molecular formula is C13H26N2. The van der Waals surface area contributed by atoms with E-state index < -0.39 is 0 Å². The maximum atomic E-state index is 3.54. The highest BCUT2D eigenvalue weighted by Crippen LogP contribution is 2.28. The van der Waals surface area contributed by atoms with Crippen LogP contribution in [0.5, 0.6) is 0 Å². The molecule has 2 aliphatic rings. The van der Waals surface area contributed by atoms with Crippen molar-refractivity contribution in [2.24, 2.45) is 11.8 Å². The van der Waals surface area contributed by atoms with E-state index in [-0.39, 0.29) is 0 Å². The number of likely N-dealkylation sites (tertiary alicyclic amines) is 1. The Morgan fingerprint density at radius 1 is 1.00 bits per heavy atom. The number of piperidine rings is 2. The zero-order valence-electron chi connectivity index (χ0n) is 10.5. The van der Waals surface area contributed by atoms with E-state index in [9.17, 15) is 0 Å². The second-order valence-corrected chi connectivity index (χ2v) is 5.69.